The highest BCUT2D eigenvalue weighted by atomic mass is 16.5. The lowest BCUT2D eigenvalue weighted by atomic mass is 10.3. The molecule has 0 unspecified atom stereocenters. The van der Waals surface area contributed by atoms with Gasteiger partial charge in [0.25, 0.3) is 0 Å². The van der Waals surface area contributed by atoms with E-state index in [2.05, 4.69) is 10.6 Å². The van der Waals surface area contributed by atoms with Gasteiger partial charge in [0.2, 0.25) is 5.91 Å². The molecule has 18 heavy (non-hydrogen) atoms. The van der Waals surface area contributed by atoms with Crippen molar-refractivity contribution < 1.29 is 19.4 Å². The van der Waals surface area contributed by atoms with Gasteiger partial charge in [-0.05, 0) is 12.1 Å². The predicted molar refractivity (Wildman–Crippen MR) is 66.7 cm³/mol. The second-order valence-corrected chi connectivity index (χ2v) is 3.60. The molecule has 0 spiro atoms. The second kappa shape index (κ2) is 7.29. The van der Waals surface area contributed by atoms with Gasteiger partial charge < -0.3 is 20.5 Å². The van der Waals surface area contributed by atoms with Gasteiger partial charge in [0.15, 0.2) is 0 Å². The van der Waals surface area contributed by atoms with Crippen molar-refractivity contribution in [1.82, 2.24) is 5.32 Å². The molecule has 0 aromatic heterocycles. The molecular formula is C12H16N2O4. The zero-order chi connectivity index (χ0) is 13.4. The molecule has 0 bridgehead atoms. The van der Waals surface area contributed by atoms with Crippen LogP contribution in [0, 0.1) is 0 Å². The largest absolute Gasteiger partial charge is 0.497 e. The minimum Gasteiger partial charge on any atom is -0.497 e. The first kappa shape index (κ1) is 14.0. The topological polar surface area (TPSA) is 87.7 Å². The monoisotopic (exact) mass is 252 g/mol. The number of carboxylic acids is 1. The Morgan fingerprint density at radius 3 is 2.83 bits per heavy atom. The highest BCUT2D eigenvalue weighted by molar-refractivity contribution is 5.92. The SMILES string of the molecule is COc1cccc(NC(=O)CNCCC(=O)O)c1. The summed E-state index contributed by atoms with van der Waals surface area (Å²) in [4.78, 5) is 21.7. The Bertz CT molecular complexity index is 420. The number of rotatable bonds is 7. The average Bonchev–Trinajstić information content (AvgIpc) is 2.34. The maximum atomic E-state index is 11.5. The van der Waals surface area contributed by atoms with E-state index in [0.717, 1.165) is 0 Å². The van der Waals surface area contributed by atoms with Crippen molar-refractivity contribution in [2.45, 2.75) is 6.42 Å². The normalized spacial score (nSPS) is 9.83. The van der Waals surface area contributed by atoms with Crippen molar-refractivity contribution in [3.8, 4) is 5.75 Å². The van der Waals surface area contributed by atoms with Crippen molar-refractivity contribution >= 4 is 17.6 Å². The summed E-state index contributed by atoms with van der Waals surface area (Å²) in [5.74, 6) is -0.462. The Labute approximate surface area is 105 Å². The van der Waals surface area contributed by atoms with Crippen molar-refractivity contribution in [1.29, 1.82) is 0 Å². The minimum atomic E-state index is -0.893. The fourth-order valence-electron chi connectivity index (χ4n) is 1.30. The number of carbonyl (C=O) groups excluding carboxylic acids is 1. The molecule has 6 heteroatoms. The smallest absolute Gasteiger partial charge is 0.304 e. The third-order valence-corrected chi connectivity index (χ3v) is 2.15. The summed E-state index contributed by atoms with van der Waals surface area (Å²) < 4.78 is 5.03. The summed E-state index contributed by atoms with van der Waals surface area (Å²) in [5, 5.41) is 13.8. The van der Waals surface area contributed by atoms with Gasteiger partial charge in [-0.15, -0.1) is 0 Å². The number of carbonyl (C=O) groups is 2. The molecule has 1 aromatic rings. The van der Waals surface area contributed by atoms with Gasteiger partial charge in [-0.25, -0.2) is 0 Å². The van der Waals surface area contributed by atoms with E-state index in [0.29, 0.717) is 11.4 Å². The van der Waals surface area contributed by atoms with Gasteiger partial charge in [-0.1, -0.05) is 6.07 Å². The first-order chi connectivity index (χ1) is 8.61. The van der Waals surface area contributed by atoms with Crippen LogP contribution in [0.15, 0.2) is 24.3 Å². The number of hydrogen-bond acceptors (Lipinski definition) is 4. The summed E-state index contributed by atoms with van der Waals surface area (Å²) >= 11 is 0. The lowest BCUT2D eigenvalue weighted by Crippen LogP contribution is -2.29. The zero-order valence-electron chi connectivity index (χ0n) is 10.1. The summed E-state index contributed by atoms with van der Waals surface area (Å²) in [6.07, 6.45) is -0.00750. The van der Waals surface area contributed by atoms with Gasteiger partial charge in [-0.2, -0.15) is 0 Å². The molecule has 1 amide bonds. The number of methoxy groups -OCH3 is 1. The molecule has 0 fully saturated rings. The van der Waals surface area contributed by atoms with Crippen LogP contribution in [0.5, 0.6) is 5.75 Å². The maximum Gasteiger partial charge on any atom is 0.304 e. The number of hydrogen-bond donors (Lipinski definition) is 3. The van der Waals surface area contributed by atoms with Gasteiger partial charge in [-0.3, -0.25) is 9.59 Å². The van der Waals surface area contributed by atoms with Crippen LogP contribution >= 0.6 is 0 Å². The van der Waals surface area contributed by atoms with Gasteiger partial charge in [0, 0.05) is 18.3 Å². The fraction of sp³-hybridized carbons (Fsp3) is 0.333. The number of amides is 1. The van der Waals surface area contributed by atoms with Crippen molar-refractivity contribution in [3.05, 3.63) is 24.3 Å². The van der Waals surface area contributed by atoms with E-state index in [4.69, 9.17) is 9.84 Å². The number of nitrogens with one attached hydrogen (secondary N) is 2. The van der Waals surface area contributed by atoms with Crippen LogP contribution in [-0.4, -0.2) is 37.2 Å². The van der Waals surface area contributed by atoms with Gasteiger partial charge in [0.05, 0.1) is 20.1 Å². The van der Waals surface area contributed by atoms with E-state index in [-0.39, 0.29) is 25.4 Å². The minimum absolute atomic E-state index is 0.00750. The van der Waals surface area contributed by atoms with E-state index < -0.39 is 5.97 Å². The van der Waals surface area contributed by atoms with Crippen molar-refractivity contribution in [2.75, 3.05) is 25.5 Å². The first-order valence-electron chi connectivity index (χ1n) is 5.48. The van der Waals surface area contributed by atoms with E-state index in [1.54, 1.807) is 31.4 Å². The van der Waals surface area contributed by atoms with E-state index in [1.165, 1.54) is 0 Å². The van der Waals surface area contributed by atoms with Crippen LogP contribution in [0.25, 0.3) is 0 Å². The third-order valence-electron chi connectivity index (χ3n) is 2.15. The summed E-state index contributed by atoms with van der Waals surface area (Å²) in [6, 6.07) is 7.00. The molecule has 0 saturated heterocycles. The summed E-state index contributed by atoms with van der Waals surface area (Å²) in [6.45, 7) is 0.339. The fourth-order valence-corrected chi connectivity index (χ4v) is 1.30. The third kappa shape index (κ3) is 5.31. The molecule has 0 aliphatic rings. The summed E-state index contributed by atoms with van der Waals surface area (Å²) in [7, 11) is 1.55. The van der Waals surface area contributed by atoms with Gasteiger partial charge in [0.1, 0.15) is 5.75 Å². The van der Waals surface area contributed by atoms with Crippen LogP contribution < -0.4 is 15.4 Å². The molecule has 98 valence electrons. The number of anilines is 1. The zero-order valence-corrected chi connectivity index (χ0v) is 10.1. The highest BCUT2D eigenvalue weighted by Gasteiger charge is 2.03. The molecule has 6 nitrogen and oxygen atoms in total. The van der Waals surface area contributed by atoms with Gasteiger partial charge >= 0.3 is 5.97 Å². The van der Waals surface area contributed by atoms with Crippen molar-refractivity contribution in [3.63, 3.8) is 0 Å². The molecule has 1 rings (SSSR count). The Morgan fingerprint density at radius 2 is 2.17 bits per heavy atom. The molecule has 0 radical (unpaired) electrons. The second-order valence-electron chi connectivity index (χ2n) is 3.60. The highest BCUT2D eigenvalue weighted by Crippen LogP contribution is 2.16. The Hall–Kier alpha value is -2.08. The number of carboxylic acid groups (broad SMARTS) is 1. The van der Waals surface area contributed by atoms with Crippen molar-refractivity contribution in [2.24, 2.45) is 0 Å². The number of ether oxygens (including phenoxy) is 1. The Balaban J connectivity index is 2.33. The molecule has 0 aliphatic carbocycles. The molecule has 0 atom stereocenters. The average molecular weight is 252 g/mol. The van der Waals surface area contributed by atoms with Crippen LogP contribution in [0.4, 0.5) is 5.69 Å². The lowest BCUT2D eigenvalue weighted by molar-refractivity contribution is -0.137. The standard InChI is InChI=1S/C12H16N2O4/c1-18-10-4-2-3-9(7-10)14-11(15)8-13-6-5-12(16)17/h2-4,7,13H,5-6,8H2,1H3,(H,14,15)(H,16,17). The number of benzene rings is 1. The Kier molecular flexibility index (Phi) is 5.66. The van der Waals surface area contributed by atoms with E-state index >= 15 is 0 Å². The van der Waals surface area contributed by atoms with Crippen LogP contribution in [-0.2, 0) is 9.59 Å². The Morgan fingerprint density at radius 1 is 1.39 bits per heavy atom. The molecule has 0 heterocycles. The predicted octanol–water partition coefficient (Wildman–Crippen LogP) is 0.698. The van der Waals surface area contributed by atoms with E-state index in [1.807, 2.05) is 0 Å². The molecule has 0 saturated carbocycles. The first-order valence-corrected chi connectivity index (χ1v) is 5.48. The molecular weight excluding hydrogens is 236 g/mol. The molecule has 0 aliphatic heterocycles. The van der Waals surface area contributed by atoms with E-state index in [9.17, 15) is 9.59 Å². The van der Waals surface area contributed by atoms with Crippen LogP contribution in [0.1, 0.15) is 6.42 Å². The quantitative estimate of drug-likeness (QED) is 0.622. The maximum absolute atomic E-state index is 11.5. The lowest BCUT2D eigenvalue weighted by Gasteiger charge is -2.07. The van der Waals surface area contributed by atoms with Crippen LogP contribution in [0.2, 0.25) is 0 Å². The molecule has 3 N–H and O–H groups in total. The molecule has 1 aromatic carbocycles. The summed E-state index contributed by atoms with van der Waals surface area (Å²) in [5.41, 5.74) is 0.638. The number of aliphatic carboxylic acids is 1. The van der Waals surface area contributed by atoms with Crippen LogP contribution in [0.3, 0.4) is 0 Å².